The van der Waals surface area contributed by atoms with Crippen LogP contribution in [0.1, 0.15) is 24.2 Å². The Bertz CT molecular complexity index is 470. The van der Waals surface area contributed by atoms with Gasteiger partial charge in [0.15, 0.2) is 6.10 Å². The largest absolute Gasteiger partial charge is 0.414 e. The van der Waals surface area contributed by atoms with Crippen molar-refractivity contribution in [1.82, 2.24) is 9.97 Å². The van der Waals surface area contributed by atoms with Crippen LogP contribution < -0.4 is 4.90 Å². The third-order valence-corrected chi connectivity index (χ3v) is 3.67. The average Bonchev–Trinajstić information content (AvgIpc) is 2.40. The van der Waals surface area contributed by atoms with E-state index in [9.17, 15) is 18.3 Å². The summed E-state index contributed by atoms with van der Waals surface area (Å²) >= 11 is 0. The molecule has 0 amide bonds. The van der Waals surface area contributed by atoms with E-state index in [-0.39, 0.29) is 0 Å². The van der Waals surface area contributed by atoms with E-state index in [1.807, 2.05) is 18.7 Å². The van der Waals surface area contributed by atoms with Gasteiger partial charge in [-0.15, -0.1) is 0 Å². The summed E-state index contributed by atoms with van der Waals surface area (Å²) in [6, 6.07) is 0. The molecule has 112 valence electrons. The topological polar surface area (TPSA) is 49.2 Å². The first-order valence-electron chi connectivity index (χ1n) is 6.59. The van der Waals surface area contributed by atoms with Gasteiger partial charge in [-0.3, -0.25) is 4.98 Å². The SMILES string of the molecule is Cc1cnc(C)c(N2CCC([C@H](O)C(F)(F)F)CC2)n1. The number of nitrogens with zero attached hydrogens (tertiary/aromatic N) is 3. The van der Waals surface area contributed by atoms with Crippen LogP contribution in [0.5, 0.6) is 0 Å². The van der Waals surface area contributed by atoms with E-state index in [0.717, 1.165) is 17.2 Å². The quantitative estimate of drug-likeness (QED) is 0.907. The Labute approximate surface area is 115 Å². The summed E-state index contributed by atoms with van der Waals surface area (Å²) < 4.78 is 37.5. The maximum Gasteiger partial charge on any atom is 0.414 e. The summed E-state index contributed by atoms with van der Waals surface area (Å²) in [6.45, 7) is 4.57. The molecule has 0 saturated carbocycles. The number of alkyl halides is 3. The first-order chi connectivity index (χ1) is 9.29. The van der Waals surface area contributed by atoms with Gasteiger partial charge in [-0.1, -0.05) is 0 Å². The Morgan fingerprint density at radius 3 is 2.45 bits per heavy atom. The van der Waals surface area contributed by atoms with E-state index in [1.54, 1.807) is 6.20 Å². The zero-order chi connectivity index (χ0) is 14.9. The summed E-state index contributed by atoms with van der Waals surface area (Å²) in [7, 11) is 0. The number of hydrogen-bond donors (Lipinski definition) is 1. The highest BCUT2D eigenvalue weighted by molar-refractivity contribution is 5.43. The van der Waals surface area contributed by atoms with Gasteiger partial charge in [0, 0.05) is 19.3 Å². The molecule has 0 radical (unpaired) electrons. The Balaban J connectivity index is 2.03. The van der Waals surface area contributed by atoms with Crippen molar-refractivity contribution in [1.29, 1.82) is 0 Å². The molecule has 1 N–H and O–H groups in total. The van der Waals surface area contributed by atoms with Crippen LogP contribution in [0.25, 0.3) is 0 Å². The summed E-state index contributed by atoms with van der Waals surface area (Å²) in [5.41, 5.74) is 1.55. The number of aromatic nitrogens is 2. The standard InChI is InChI=1S/C13H18F3N3O/c1-8-7-17-9(2)12(18-8)19-5-3-10(4-6-19)11(20)13(14,15)16/h7,10-11,20H,3-6H2,1-2H3/t11-/m0/s1. The molecule has 0 unspecified atom stereocenters. The van der Waals surface area contributed by atoms with Gasteiger partial charge in [0.25, 0.3) is 0 Å². The smallest absolute Gasteiger partial charge is 0.383 e. The van der Waals surface area contributed by atoms with Gasteiger partial charge in [0.1, 0.15) is 5.82 Å². The van der Waals surface area contributed by atoms with Gasteiger partial charge in [-0.05, 0) is 32.6 Å². The van der Waals surface area contributed by atoms with Crippen LogP contribution in [0, 0.1) is 19.8 Å². The molecular formula is C13H18F3N3O. The summed E-state index contributed by atoms with van der Waals surface area (Å²) in [5, 5.41) is 9.29. The van der Waals surface area contributed by atoms with Crippen molar-refractivity contribution in [3.63, 3.8) is 0 Å². The highest BCUT2D eigenvalue weighted by Crippen LogP contribution is 2.32. The zero-order valence-electron chi connectivity index (χ0n) is 11.5. The molecule has 7 heteroatoms. The molecule has 1 aliphatic rings. The number of aliphatic hydroxyl groups is 1. The number of anilines is 1. The lowest BCUT2D eigenvalue weighted by atomic mass is 9.91. The molecule has 1 saturated heterocycles. The highest BCUT2D eigenvalue weighted by Gasteiger charge is 2.44. The molecule has 1 atom stereocenters. The number of hydrogen-bond acceptors (Lipinski definition) is 4. The van der Waals surface area contributed by atoms with Crippen molar-refractivity contribution in [2.45, 2.75) is 39.0 Å². The second-order valence-electron chi connectivity index (χ2n) is 5.23. The van der Waals surface area contributed by atoms with E-state index in [2.05, 4.69) is 9.97 Å². The number of aryl methyl sites for hydroxylation is 2. The second kappa shape index (κ2) is 5.55. The molecule has 1 aromatic rings. The third-order valence-electron chi connectivity index (χ3n) is 3.67. The molecule has 4 nitrogen and oxygen atoms in total. The lowest BCUT2D eigenvalue weighted by molar-refractivity contribution is -0.221. The minimum absolute atomic E-state index is 0.301. The van der Waals surface area contributed by atoms with Gasteiger partial charge in [-0.2, -0.15) is 13.2 Å². The van der Waals surface area contributed by atoms with Crippen molar-refractivity contribution in [3.05, 3.63) is 17.6 Å². The Kier molecular flexibility index (Phi) is 4.17. The summed E-state index contributed by atoms with van der Waals surface area (Å²) in [5.74, 6) is -0.00530. The Morgan fingerprint density at radius 2 is 1.90 bits per heavy atom. The monoisotopic (exact) mass is 289 g/mol. The van der Waals surface area contributed by atoms with Crippen molar-refractivity contribution >= 4 is 5.82 Å². The minimum atomic E-state index is -4.54. The summed E-state index contributed by atoms with van der Waals surface area (Å²) in [6.07, 6.45) is -4.49. The molecule has 1 aliphatic heterocycles. The molecule has 2 heterocycles. The molecule has 0 spiro atoms. The molecule has 20 heavy (non-hydrogen) atoms. The highest BCUT2D eigenvalue weighted by atomic mass is 19.4. The van der Waals surface area contributed by atoms with Crippen LogP contribution in [-0.2, 0) is 0 Å². The number of aliphatic hydroxyl groups excluding tert-OH is 1. The van der Waals surface area contributed by atoms with Crippen LogP contribution in [0.3, 0.4) is 0 Å². The molecule has 0 bridgehead atoms. The first kappa shape index (κ1) is 15.0. The number of halogens is 3. The molecule has 1 aromatic heterocycles. The van der Waals surface area contributed by atoms with Crippen molar-refractivity contribution in [2.24, 2.45) is 5.92 Å². The van der Waals surface area contributed by atoms with Crippen LogP contribution in [0.4, 0.5) is 19.0 Å². The molecular weight excluding hydrogens is 271 g/mol. The van der Waals surface area contributed by atoms with E-state index in [0.29, 0.717) is 25.9 Å². The lowest BCUT2D eigenvalue weighted by Crippen LogP contribution is -2.43. The van der Waals surface area contributed by atoms with E-state index in [1.165, 1.54) is 0 Å². The fraction of sp³-hybridized carbons (Fsp3) is 0.692. The van der Waals surface area contributed by atoms with Crippen molar-refractivity contribution in [3.8, 4) is 0 Å². The Hall–Kier alpha value is -1.37. The van der Waals surface area contributed by atoms with Gasteiger partial charge >= 0.3 is 6.18 Å². The normalized spacial score (nSPS) is 19.2. The first-order valence-corrected chi connectivity index (χ1v) is 6.59. The zero-order valence-corrected chi connectivity index (χ0v) is 11.5. The lowest BCUT2D eigenvalue weighted by Gasteiger charge is -2.35. The molecule has 0 aromatic carbocycles. The second-order valence-corrected chi connectivity index (χ2v) is 5.23. The molecule has 1 fully saturated rings. The van der Waals surface area contributed by atoms with Gasteiger partial charge in [0.2, 0.25) is 0 Å². The minimum Gasteiger partial charge on any atom is -0.383 e. The maximum absolute atomic E-state index is 12.5. The van der Waals surface area contributed by atoms with Gasteiger partial charge in [-0.25, -0.2) is 4.98 Å². The van der Waals surface area contributed by atoms with E-state index < -0.39 is 18.2 Å². The fourth-order valence-electron chi connectivity index (χ4n) is 2.52. The Morgan fingerprint density at radius 1 is 1.30 bits per heavy atom. The maximum atomic E-state index is 12.5. The van der Waals surface area contributed by atoms with Crippen LogP contribution in [0.2, 0.25) is 0 Å². The van der Waals surface area contributed by atoms with Crippen LogP contribution in [0.15, 0.2) is 6.20 Å². The predicted octanol–water partition coefficient (Wildman–Crippen LogP) is 2.23. The van der Waals surface area contributed by atoms with E-state index >= 15 is 0 Å². The summed E-state index contributed by atoms with van der Waals surface area (Å²) in [4.78, 5) is 10.5. The number of piperidine rings is 1. The van der Waals surface area contributed by atoms with Gasteiger partial charge < -0.3 is 10.0 Å². The fourth-order valence-corrected chi connectivity index (χ4v) is 2.52. The van der Waals surface area contributed by atoms with E-state index in [4.69, 9.17) is 0 Å². The predicted molar refractivity (Wildman–Crippen MR) is 68.5 cm³/mol. The average molecular weight is 289 g/mol. The third kappa shape index (κ3) is 3.20. The van der Waals surface area contributed by atoms with Crippen molar-refractivity contribution in [2.75, 3.05) is 18.0 Å². The molecule has 0 aliphatic carbocycles. The van der Waals surface area contributed by atoms with Crippen molar-refractivity contribution < 1.29 is 18.3 Å². The molecule has 2 rings (SSSR count). The number of rotatable bonds is 2. The van der Waals surface area contributed by atoms with Gasteiger partial charge in [0.05, 0.1) is 11.4 Å². The van der Waals surface area contributed by atoms with Crippen LogP contribution >= 0.6 is 0 Å². The van der Waals surface area contributed by atoms with Crippen LogP contribution in [-0.4, -0.2) is 40.4 Å².